The van der Waals surface area contributed by atoms with Gasteiger partial charge in [-0.1, -0.05) is 18.2 Å². The summed E-state index contributed by atoms with van der Waals surface area (Å²) in [6, 6.07) is 7.90. The molecule has 0 aliphatic rings. The fourth-order valence-electron chi connectivity index (χ4n) is 1.85. The third-order valence-electron chi connectivity index (χ3n) is 2.86. The number of rotatable bonds is 5. The molecule has 0 bridgehead atoms. The van der Waals surface area contributed by atoms with Crippen LogP contribution in [-0.2, 0) is 11.3 Å². The first-order chi connectivity index (χ1) is 9.08. The molecule has 0 radical (unpaired) electrons. The van der Waals surface area contributed by atoms with Crippen LogP contribution in [0.1, 0.15) is 22.0 Å². The van der Waals surface area contributed by atoms with Crippen LogP contribution in [-0.4, -0.2) is 5.91 Å². The summed E-state index contributed by atoms with van der Waals surface area (Å²) < 4.78 is 13.2. The van der Waals surface area contributed by atoms with Gasteiger partial charge in [0.2, 0.25) is 5.91 Å². The van der Waals surface area contributed by atoms with Gasteiger partial charge in [0.15, 0.2) is 0 Å². The molecule has 0 saturated heterocycles. The van der Waals surface area contributed by atoms with E-state index in [1.54, 1.807) is 30.4 Å². The Morgan fingerprint density at radius 2 is 2.26 bits per heavy atom. The van der Waals surface area contributed by atoms with E-state index in [9.17, 15) is 9.18 Å². The van der Waals surface area contributed by atoms with Gasteiger partial charge in [0.25, 0.3) is 0 Å². The molecule has 19 heavy (non-hydrogen) atoms. The van der Waals surface area contributed by atoms with E-state index in [0.29, 0.717) is 17.7 Å². The molecule has 100 valence electrons. The summed E-state index contributed by atoms with van der Waals surface area (Å²) in [5.41, 5.74) is 6.59. The molecule has 0 spiro atoms. The van der Waals surface area contributed by atoms with Crippen molar-refractivity contribution >= 4 is 17.2 Å². The zero-order valence-electron chi connectivity index (χ0n) is 10.5. The molecule has 1 amide bonds. The Labute approximate surface area is 115 Å². The van der Waals surface area contributed by atoms with Gasteiger partial charge in [-0.25, -0.2) is 4.39 Å². The number of carbonyl (C=O) groups is 1. The first kappa shape index (κ1) is 13.7. The third-order valence-corrected chi connectivity index (χ3v) is 3.74. The lowest BCUT2D eigenvalue weighted by molar-refractivity contribution is -0.120. The second-order valence-corrected chi connectivity index (χ2v) is 5.34. The van der Waals surface area contributed by atoms with Crippen molar-refractivity contribution in [3.63, 3.8) is 0 Å². The van der Waals surface area contributed by atoms with Crippen molar-refractivity contribution in [2.24, 2.45) is 5.73 Å². The summed E-state index contributed by atoms with van der Waals surface area (Å²) in [7, 11) is 0. The fraction of sp³-hybridized carbons (Fsp3) is 0.214. The number of hydrogen-bond acceptors (Lipinski definition) is 3. The Kier molecular flexibility index (Phi) is 4.29. The number of thiophene rings is 1. The zero-order valence-corrected chi connectivity index (χ0v) is 11.3. The van der Waals surface area contributed by atoms with Crippen LogP contribution in [0, 0.1) is 12.7 Å². The first-order valence-corrected chi connectivity index (χ1v) is 6.77. The predicted molar refractivity (Wildman–Crippen MR) is 74.2 cm³/mol. The van der Waals surface area contributed by atoms with Crippen LogP contribution < -0.4 is 11.1 Å². The quantitative estimate of drug-likeness (QED) is 0.883. The summed E-state index contributed by atoms with van der Waals surface area (Å²) in [5, 5.41) is 5.07. The standard InChI is InChI=1S/C14H15FN2OS/c1-9-7-10(4-5-12(9)15)13(14(16)18)17-8-11-3-2-6-19-11/h2-7,13,17H,8H2,1H3,(H2,16,18). The van der Waals surface area contributed by atoms with Crippen molar-refractivity contribution in [1.82, 2.24) is 5.32 Å². The molecule has 0 saturated carbocycles. The lowest BCUT2D eigenvalue weighted by Gasteiger charge is -2.16. The zero-order chi connectivity index (χ0) is 13.8. The largest absolute Gasteiger partial charge is 0.368 e. The van der Waals surface area contributed by atoms with Crippen molar-refractivity contribution < 1.29 is 9.18 Å². The van der Waals surface area contributed by atoms with E-state index < -0.39 is 11.9 Å². The molecule has 2 aromatic rings. The molecule has 5 heteroatoms. The predicted octanol–water partition coefficient (Wildman–Crippen LogP) is 2.51. The van der Waals surface area contributed by atoms with Gasteiger partial charge in [-0.15, -0.1) is 11.3 Å². The summed E-state index contributed by atoms with van der Waals surface area (Å²) in [6.45, 7) is 2.22. The number of nitrogens with one attached hydrogen (secondary N) is 1. The molecule has 3 N–H and O–H groups in total. The smallest absolute Gasteiger partial charge is 0.239 e. The average Bonchev–Trinajstić information content (AvgIpc) is 2.86. The Morgan fingerprint density at radius 1 is 1.47 bits per heavy atom. The lowest BCUT2D eigenvalue weighted by atomic mass is 10.0. The second-order valence-electron chi connectivity index (χ2n) is 4.30. The topological polar surface area (TPSA) is 55.1 Å². The van der Waals surface area contributed by atoms with Gasteiger partial charge in [-0.2, -0.15) is 0 Å². The normalized spacial score (nSPS) is 12.3. The molecule has 3 nitrogen and oxygen atoms in total. The minimum Gasteiger partial charge on any atom is -0.368 e. The van der Waals surface area contributed by atoms with Crippen LogP contribution in [0.5, 0.6) is 0 Å². The Morgan fingerprint density at radius 3 is 2.84 bits per heavy atom. The van der Waals surface area contributed by atoms with Gasteiger partial charge in [-0.3, -0.25) is 10.1 Å². The van der Waals surface area contributed by atoms with Gasteiger partial charge in [0, 0.05) is 11.4 Å². The maximum atomic E-state index is 13.2. The number of aryl methyl sites for hydroxylation is 1. The number of primary amides is 1. The van der Waals surface area contributed by atoms with Crippen molar-refractivity contribution in [3.05, 3.63) is 57.5 Å². The third kappa shape index (κ3) is 3.39. The molecule has 2 rings (SSSR count). The van der Waals surface area contributed by atoms with E-state index in [0.717, 1.165) is 4.88 Å². The van der Waals surface area contributed by atoms with Crippen LogP contribution in [0.2, 0.25) is 0 Å². The first-order valence-electron chi connectivity index (χ1n) is 5.89. The van der Waals surface area contributed by atoms with Crippen molar-refractivity contribution in [1.29, 1.82) is 0 Å². The minimum atomic E-state index is -0.610. The van der Waals surface area contributed by atoms with Gasteiger partial charge in [-0.05, 0) is 35.6 Å². The van der Waals surface area contributed by atoms with Crippen LogP contribution in [0.15, 0.2) is 35.7 Å². The highest BCUT2D eigenvalue weighted by atomic mass is 32.1. The Hall–Kier alpha value is -1.72. The molecular weight excluding hydrogens is 263 g/mol. The highest BCUT2D eigenvalue weighted by Crippen LogP contribution is 2.18. The van der Waals surface area contributed by atoms with Gasteiger partial charge < -0.3 is 5.73 Å². The maximum Gasteiger partial charge on any atom is 0.239 e. The SMILES string of the molecule is Cc1cc(C(NCc2cccs2)C(N)=O)ccc1F. The van der Waals surface area contributed by atoms with Crippen LogP contribution in [0.4, 0.5) is 4.39 Å². The molecule has 1 aromatic carbocycles. The fourth-order valence-corrected chi connectivity index (χ4v) is 2.50. The molecular formula is C14H15FN2OS. The summed E-state index contributed by atoms with van der Waals surface area (Å²) in [5.74, 6) is -0.757. The highest BCUT2D eigenvalue weighted by Gasteiger charge is 2.18. The average molecular weight is 278 g/mol. The number of carbonyl (C=O) groups excluding carboxylic acids is 1. The second kappa shape index (κ2) is 5.95. The van der Waals surface area contributed by atoms with Crippen LogP contribution in [0.3, 0.4) is 0 Å². The Bertz CT molecular complexity index is 569. The van der Waals surface area contributed by atoms with E-state index in [1.165, 1.54) is 6.07 Å². The van der Waals surface area contributed by atoms with Gasteiger partial charge in [0.1, 0.15) is 11.9 Å². The van der Waals surface area contributed by atoms with E-state index >= 15 is 0 Å². The van der Waals surface area contributed by atoms with Crippen molar-refractivity contribution in [3.8, 4) is 0 Å². The summed E-state index contributed by atoms with van der Waals surface area (Å²) in [6.07, 6.45) is 0. The van der Waals surface area contributed by atoms with Crippen molar-refractivity contribution in [2.45, 2.75) is 19.5 Å². The van der Waals surface area contributed by atoms with Gasteiger partial charge in [0.05, 0.1) is 0 Å². The number of hydrogen-bond donors (Lipinski definition) is 2. The molecule has 1 atom stereocenters. The lowest BCUT2D eigenvalue weighted by Crippen LogP contribution is -2.33. The Balaban J connectivity index is 2.15. The molecule has 0 aliphatic carbocycles. The minimum absolute atomic E-state index is 0.287. The van der Waals surface area contributed by atoms with E-state index in [-0.39, 0.29) is 5.82 Å². The molecule has 1 aromatic heterocycles. The van der Waals surface area contributed by atoms with E-state index in [2.05, 4.69) is 5.32 Å². The summed E-state index contributed by atoms with van der Waals surface area (Å²) >= 11 is 1.60. The number of nitrogens with two attached hydrogens (primary N) is 1. The molecule has 0 fully saturated rings. The maximum absolute atomic E-state index is 13.2. The van der Waals surface area contributed by atoms with Gasteiger partial charge >= 0.3 is 0 Å². The van der Waals surface area contributed by atoms with Crippen molar-refractivity contribution in [2.75, 3.05) is 0 Å². The number of halogens is 1. The van der Waals surface area contributed by atoms with Crippen LogP contribution >= 0.6 is 11.3 Å². The molecule has 1 heterocycles. The number of benzene rings is 1. The van der Waals surface area contributed by atoms with E-state index in [1.807, 2.05) is 17.5 Å². The molecule has 0 aliphatic heterocycles. The summed E-state index contributed by atoms with van der Waals surface area (Å²) in [4.78, 5) is 12.6. The van der Waals surface area contributed by atoms with Crippen LogP contribution in [0.25, 0.3) is 0 Å². The monoisotopic (exact) mass is 278 g/mol. The molecule has 1 unspecified atom stereocenters. The number of amides is 1. The van der Waals surface area contributed by atoms with E-state index in [4.69, 9.17) is 5.73 Å². The highest BCUT2D eigenvalue weighted by molar-refractivity contribution is 7.09.